The molecule has 0 aliphatic rings. The monoisotopic (exact) mass is 444 g/mol. The smallest absolute Gasteiger partial charge is 0.254 e. The van der Waals surface area contributed by atoms with Gasteiger partial charge in [-0.15, -0.1) is 0 Å². The summed E-state index contributed by atoms with van der Waals surface area (Å²) in [7, 11) is -2.46. The summed E-state index contributed by atoms with van der Waals surface area (Å²) in [6, 6.07) is 10.3. The quantitative estimate of drug-likeness (QED) is 0.684. The number of hydrogen-bond acceptors (Lipinski definition) is 4. The average molecular weight is 445 g/mol. The normalized spacial score (nSPS) is 11.6. The Labute approximate surface area is 159 Å². The van der Waals surface area contributed by atoms with Crippen molar-refractivity contribution in [2.45, 2.75) is 11.4 Å². The highest BCUT2D eigenvalue weighted by Crippen LogP contribution is 2.20. The highest BCUT2D eigenvalue weighted by molar-refractivity contribution is 9.10. The third-order valence-electron chi connectivity index (χ3n) is 3.69. The van der Waals surface area contributed by atoms with Crippen molar-refractivity contribution in [2.24, 2.45) is 0 Å². The van der Waals surface area contributed by atoms with Crippen LogP contribution in [0, 0.1) is 5.82 Å². The van der Waals surface area contributed by atoms with E-state index in [0.717, 1.165) is 4.31 Å². The summed E-state index contributed by atoms with van der Waals surface area (Å²) in [4.78, 5) is 12.2. The van der Waals surface area contributed by atoms with Crippen LogP contribution >= 0.6 is 15.9 Å². The van der Waals surface area contributed by atoms with Crippen molar-refractivity contribution in [1.29, 1.82) is 0 Å². The minimum absolute atomic E-state index is 0.0209. The molecule has 0 atom stereocenters. The topological polar surface area (TPSA) is 86.7 Å². The second-order valence-electron chi connectivity index (χ2n) is 5.46. The van der Waals surface area contributed by atoms with E-state index >= 15 is 0 Å². The van der Waals surface area contributed by atoms with Gasteiger partial charge in [0.15, 0.2) is 0 Å². The van der Waals surface area contributed by atoms with E-state index in [9.17, 15) is 17.6 Å². The Hall–Kier alpha value is -1.81. The van der Waals surface area contributed by atoms with Gasteiger partial charge in [0, 0.05) is 24.6 Å². The van der Waals surface area contributed by atoms with Crippen LogP contribution in [-0.2, 0) is 16.6 Å². The molecular formula is C17H18BrFN2O4S. The number of hydrogen-bond donors (Lipinski definition) is 2. The molecule has 0 fully saturated rings. The van der Waals surface area contributed by atoms with Crippen molar-refractivity contribution in [3.63, 3.8) is 0 Å². The number of benzene rings is 2. The third kappa shape index (κ3) is 4.67. The fraction of sp³-hybridized carbons (Fsp3) is 0.235. The van der Waals surface area contributed by atoms with Crippen LogP contribution in [0.15, 0.2) is 51.8 Å². The first-order valence-corrected chi connectivity index (χ1v) is 9.89. The highest BCUT2D eigenvalue weighted by Gasteiger charge is 2.23. The number of rotatable bonds is 7. The zero-order valence-corrected chi connectivity index (χ0v) is 16.3. The molecule has 9 heteroatoms. The summed E-state index contributed by atoms with van der Waals surface area (Å²) in [6.07, 6.45) is 0. The molecule has 2 aromatic carbocycles. The minimum Gasteiger partial charge on any atom is -0.395 e. The lowest BCUT2D eigenvalue weighted by Gasteiger charge is -2.18. The van der Waals surface area contributed by atoms with Crippen LogP contribution in [0.2, 0.25) is 0 Å². The van der Waals surface area contributed by atoms with Crippen LogP contribution in [0.3, 0.4) is 0 Å². The number of carbonyl (C=O) groups excluding carboxylic acids is 1. The predicted octanol–water partition coefficient (Wildman–Crippen LogP) is 2.13. The van der Waals surface area contributed by atoms with Gasteiger partial charge in [0.1, 0.15) is 5.82 Å². The molecule has 2 aromatic rings. The lowest BCUT2D eigenvalue weighted by molar-refractivity contribution is 0.0946. The molecule has 0 aliphatic heterocycles. The van der Waals surface area contributed by atoms with E-state index in [1.807, 2.05) is 0 Å². The summed E-state index contributed by atoms with van der Waals surface area (Å²) in [5, 5.41) is 11.5. The minimum atomic E-state index is -3.82. The molecule has 6 nitrogen and oxygen atoms in total. The third-order valence-corrected chi connectivity index (χ3v) is 6.14. The number of carbonyl (C=O) groups is 1. The molecule has 2 N–H and O–H groups in total. The zero-order chi connectivity index (χ0) is 19.3. The zero-order valence-electron chi connectivity index (χ0n) is 13.9. The Kier molecular flexibility index (Phi) is 6.87. The Morgan fingerprint density at radius 2 is 1.96 bits per heavy atom. The fourth-order valence-electron chi connectivity index (χ4n) is 2.27. The van der Waals surface area contributed by atoms with Crippen LogP contribution in [0.5, 0.6) is 0 Å². The number of nitrogens with one attached hydrogen (secondary N) is 1. The van der Waals surface area contributed by atoms with Gasteiger partial charge in [0.2, 0.25) is 10.0 Å². The molecule has 1 amide bonds. The standard InChI is InChI=1S/C17H18BrFN2O4S/c1-21(8-9-22)26(24,25)16-5-3-2-4-12(16)11-20-17(23)14-7-6-13(18)10-15(14)19/h2-7,10,22H,8-9,11H2,1H3,(H,20,23). The molecule has 0 heterocycles. The van der Waals surface area contributed by atoms with E-state index < -0.39 is 21.7 Å². The van der Waals surface area contributed by atoms with Crippen LogP contribution in [0.25, 0.3) is 0 Å². The van der Waals surface area contributed by atoms with Crippen molar-refractivity contribution < 1.29 is 22.7 Å². The number of sulfonamides is 1. The van der Waals surface area contributed by atoms with Crippen molar-refractivity contribution in [3.8, 4) is 0 Å². The second-order valence-corrected chi connectivity index (χ2v) is 8.39. The molecule has 0 saturated heterocycles. The number of halogens is 2. The van der Waals surface area contributed by atoms with Crippen LogP contribution in [0.4, 0.5) is 4.39 Å². The molecular weight excluding hydrogens is 427 g/mol. The van der Waals surface area contributed by atoms with Gasteiger partial charge in [-0.3, -0.25) is 4.79 Å². The molecule has 0 aromatic heterocycles. The molecule has 0 bridgehead atoms. The van der Waals surface area contributed by atoms with E-state index in [-0.39, 0.29) is 30.2 Å². The molecule has 0 saturated carbocycles. The number of aliphatic hydroxyl groups is 1. The summed E-state index contributed by atoms with van der Waals surface area (Å²) in [5.41, 5.74) is 0.231. The predicted molar refractivity (Wildman–Crippen MR) is 98.6 cm³/mol. The van der Waals surface area contributed by atoms with Gasteiger partial charge in [0.25, 0.3) is 5.91 Å². The molecule has 0 aliphatic carbocycles. The number of nitrogens with zero attached hydrogens (tertiary/aromatic N) is 1. The van der Waals surface area contributed by atoms with Gasteiger partial charge in [0.05, 0.1) is 17.1 Å². The number of aliphatic hydroxyl groups excluding tert-OH is 1. The highest BCUT2D eigenvalue weighted by atomic mass is 79.9. The van der Waals surface area contributed by atoms with Crippen molar-refractivity contribution in [1.82, 2.24) is 9.62 Å². The molecule has 26 heavy (non-hydrogen) atoms. The Balaban J connectivity index is 2.22. The van der Waals surface area contributed by atoms with E-state index in [1.165, 1.54) is 25.2 Å². The Morgan fingerprint density at radius 3 is 2.62 bits per heavy atom. The van der Waals surface area contributed by atoms with Crippen LogP contribution in [-0.4, -0.2) is 43.9 Å². The maximum atomic E-state index is 13.9. The van der Waals surface area contributed by atoms with Gasteiger partial charge in [-0.2, -0.15) is 4.31 Å². The largest absolute Gasteiger partial charge is 0.395 e. The summed E-state index contributed by atoms with van der Waals surface area (Å²) in [6.45, 7) is -0.443. The van der Waals surface area contributed by atoms with E-state index in [0.29, 0.717) is 10.0 Å². The van der Waals surface area contributed by atoms with Gasteiger partial charge >= 0.3 is 0 Å². The first-order chi connectivity index (χ1) is 12.3. The molecule has 0 unspecified atom stereocenters. The average Bonchev–Trinajstić information content (AvgIpc) is 2.60. The summed E-state index contributed by atoms with van der Waals surface area (Å²) in [5.74, 6) is -1.33. The molecule has 140 valence electrons. The van der Waals surface area contributed by atoms with Crippen molar-refractivity contribution in [2.75, 3.05) is 20.2 Å². The molecule has 0 spiro atoms. The van der Waals surface area contributed by atoms with E-state index in [2.05, 4.69) is 21.2 Å². The molecule has 0 radical (unpaired) electrons. The van der Waals surface area contributed by atoms with Crippen LogP contribution in [0.1, 0.15) is 15.9 Å². The maximum Gasteiger partial charge on any atom is 0.254 e. The maximum absolute atomic E-state index is 13.9. The van der Waals surface area contributed by atoms with Gasteiger partial charge in [-0.1, -0.05) is 34.1 Å². The first-order valence-electron chi connectivity index (χ1n) is 7.65. The van der Waals surface area contributed by atoms with Gasteiger partial charge in [-0.25, -0.2) is 12.8 Å². The SMILES string of the molecule is CN(CCO)S(=O)(=O)c1ccccc1CNC(=O)c1ccc(Br)cc1F. The van der Waals surface area contributed by atoms with Crippen molar-refractivity contribution >= 4 is 31.9 Å². The second kappa shape index (κ2) is 8.72. The van der Waals surface area contributed by atoms with Crippen molar-refractivity contribution in [3.05, 3.63) is 63.9 Å². The first kappa shape index (κ1) is 20.5. The Morgan fingerprint density at radius 1 is 1.27 bits per heavy atom. The molecule has 2 rings (SSSR count). The lowest BCUT2D eigenvalue weighted by Crippen LogP contribution is -2.31. The number of likely N-dealkylation sites (N-methyl/N-ethyl adjacent to an activating group) is 1. The summed E-state index contributed by atoms with van der Waals surface area (Å²) < 4.78 is 40.6. The van der Waals surface area contributed by atoms with E-state index in [1.54, 1.807) is 24.3 Å². The fourth-order valence-corrected chi connectivity index (χ4v) is 3.99. The van der Waals surface area contributed by atoms with E-state index in [4.69, 9.17) is 5.11 Å². The number of amides is 1. The van der Waals surface area contributed by atoms with Gasteiger partial charge < -0.3 is 10.4 Å². The van der Waals surface area contributed by atoms with Gasteiger partial charge in [-0.05, 0) is 29.8 Å². The lowest BCUT2D eigenvalue weighted by atomic mass is 10.2. The summed E-state index contributed by atoms with van der Waals surface area (Å²) >= 11 is 3.12. The Bertz CT molecular complexity index is 905. The van der Waals surface area contributed by atoms with Crippen LogP contribution < -0.4 is 5.32 Å².